The number of rotatable bonds is 5. The summed E-state index contributed by atoms with van der Waals surface area (Å²) in [5.41, 5.74) is 1.51. The highest BCUT2D eigenvalue weighted by Gasteiger charge is 2.24. The van der Waals surface area contributed by atoms with Crippen molar-refractivity contribution in [3.8, 4) is 0 Å². The summed E-state index contributed by atoms with van der Waals surface area (Å²) in [5.74, 6) is -0.542. The maximum atomic E-state index is 13.2. The summed E-state index contributed by atoms with van der Waals surface area (Å²) in [6.07, 6.45) is 0. The summed E-state index contributed by atoms with van der Waals surface area (Å²) in [7, 11) is 0. The monoisotopic (exact) mass is 433 g/mol. The van der Waals surface area contributed by atoms with E-state index >= 15 is 0 Å². The molecule has 27 heavy (non-hydrogen) atoms. The van der Waals surface area contributed by atoms with Gasteiger partial charge in [0.25, 0.3) is 5.91 Å². The van der Waals surface area contributed by atoms with Gasteiger partial charge in [0.1, 0.15) is 5.82 Å². The second kappa shape index (κ2) is 9.10. The number of benzene rings is 2. The SMILES string of the molecule is O=C(CN1CCN(C(=O)c2ccc(F)cc2Br)CC1)NCc1ccccc1. The molecule has 1 saturated heterocycles. The van der Waals surface area contributed by atoms with Gasteiger partial charge in [-0.05, 0) is 39.7 Å². The number of piperazine rings is 1. The van der Waals surface area contributed by atoms with Crippen LogP contribution in [-0.2, 0) is 11.3 Å². The number of halogens is 2. The maximum absolute atomic E-state index is 13.2. The molecule has 1 N–H and O–H groups in total. The van der Waals surface area contributed by atoms with Gasteiger partial charge < -0.3 is 10.2 Å². The van der Waals surface area contributed by atoms with Crippen molar-refractivity contribution in [1.29, 1.82) is 0 Å². The third-order valence-corrected chi connectivity index (χ3v) is 5.18. The van der Waals surface area contributed by atoms with Gasteiger partial charge in [0.15, 0.2) is 0 Å². The van der Waals surface area contributed by atoms with Gasteiger partial charge in [-0.2, -0.15) is 0 Å². The van der Waals surface area contributed by atoms with Crippen LogP contribution in [0.3, 0.4) is 0 Å². The standard InChI is InChI=1S/C20H21BrFN3O2/c21-18-12-16(22)6-7-17(18)20(27)25-10-8-24(9-11-25)14-19(26)23-13-15-4-2-1-3-5-15/h1-7,12H,8-11,13-14H2,(H,23,26). The number of carbonyl (C=O) groups is 2. The molecule has 3 rings (SSSR count). The Kier molecular flexibility index (Phi) is 6.58. The molecule has 2 amide bonds. The second-order valence-electron chi connectivity index (χ2n) is 6.45. The molecule has 2 aromatic rings. The molecular formula is C20H21BrFN3O2. The molecular weight excluding hydrogens is 413 g/mol. The van der Waals surface area contributed by atoms with Crippen molar-refractivity contribution in [1.82, 2.24) is 15.1 Å². The fraction of sp³-hybridized carbons (Fsp3) is 0.300. The Labute approximate surface area is 166 Å². The van der Waals surface area contributed by atoms with E-state index in [1.165, 1.54) is 18.2 Å². The summed E-state index contributed by atoms with van der Waals surface area (Å²) in [6, 6.07) is 13.8. The first-order chi connectivity index (χ1) is 13.0. The van der Waals surface area contributed by atoms with E-state index in [-0.39, 0.29) is 17.6 Å². The van der Waals surface area contributed by atoms with Crippen LogP contribution in [0.4, 0.5) is 4.39 Å². The van der Waals surface area contributed by atoms with Gasteiger partial charge in [-0.1, -0.05) is 30.3 Å². The lowest BCUT2D eigenvalue weighted by atomic mass is 10.1. The molecule has 7 heteroatoms. The lowest BCUT2D eigenvalue weighted by molar-refractivity contribution is -0.122. The molecule has 5 nitrogen and oxygen atoms in total. The minimum atomic E-state index is -0.384. The van der Waals surface area contributed by atoms with Crippen LogP contribution in [0.1, 0.15) is 15.9 Å². The lowest BCUT2D eigenvalue weighted by Crippen LogP contribution is -2.51. The maximum Gasteiger partial charge on any atom is 0.255 e. The zero-order valence-corrected chi connectivity index (χ0v) is 16.4. The Hall–Kier alpha value is -2.25. The van der Waals surface area contributed by atoms with Crippen LogP contribution in [0.15, 0.2) is 53.0 Å². The quantitative estimate of drug-likeness (QED) is 0.788. The summed E-state index contributed by atoms with van der Waals surface area (Å²) < 4.78 is 13.7. The fourth-order valence-electron chi connectivity index (χ4n) is 3.00. The van der Waals surface area contributed by atoms with Crippen LogP contribution < -0.4 is 5.32 Å². The normalized spacial score (nSPS) is 14.8. The molecule has 0 aliphatic carbocycles. The first kappa shape index (κ1) is 19.5. The van der Waals surface area contributed by atoms with E-state index in [0.29, 0.717) is 49.3 Å². The smallest absolute Gasteiger partial charge is 0.255 e. The molecule has 0 saturated carbocycles. The van der Waals surface area contributed by atoms with Crippen molar-refractivity contribution in [2.45, 2.75) is 6.54 Å². The molecule has 1 aliphatic rings. The largest absolute Gasteiger partial charge is 0.351 e. The fourth-order valence-corrected chi connectivity index (χ4v) is 3.52. The van der Waals surface area contributed by atoms with Crippen LogP contribution in [0.5, 0.6) is 0 Å². The molecule has 1 aliphatic heterocycles. The van der Waals surface area contributed by atoms with Crippen LogP contribution in [-0.4, -0.2) is 54.3 Å². The van der Waals surface area contributed by atoms with Gasteiger partial charge in [0.2, 0.25) is 5.91 Å². The zero-order chi connectivity index (χ0) is 19.2. The number of amides is 2. The van der Waals surface area contributed by atoms with Crippen molar-refractivity contribution in [2.75, 3.05) is 32.7 Å². The van der Waals surface area contributed by atoms with Crippen LogP contribution >= 0.6 is 15.9 Å². The number of nitrogens with one attached hydrogen (secondary N) is 1. The van der Waals surface area contributed by atoms with Crippen molar-refractivity contribution in [3.63, 3.8) is 0 Å². The van der Waals surface area contributed by atoms with Gasteiger partial charge >= 0.3 is 0 Å². The molecule has 0 bridgehead atoms. The predicted molar refractivity (Wildman–Crippen MR) is 105 cm³/mol. The Morgan fingerprint density at radius 3 is 2.41 bits per heavy atom. The van der Waals surface area contributed by atoms with Crippen molar-refractivity contribution in [3.05, 3.63) is 69.9 Å². The summed E-state index contributed by atoms with van der Waals surface area (Å²) in [5, 5.41) is 2.92. The van der Waals surface area contributed by atoms with Crippen molar-refractivity contribution in [2.24, 2.45) is 0 Å². The van der Waals surface area contributed by atoms with Gasteiger partial charge in [0, 0.05) is 37.2 Å². The molecule has 0 radical (unpaired) electrons. The average Bonchev–Trinajstić information content (AvgIpc) is 2.67. The minimum absolute atomic E-state index is 0.0279. The predicted octanol–water partition coefficient (Wildman–Crippen LogP) is 2.66. The summed E-state index contributed by atoms with van der Waals surface area (Å²) >= 11 is 3.24. The van der Waals surface area contributed by atoms with Crippen LogP contribution in [0.25, 0.3) is 0 Å². The molecule has 0 spiro atoms. The van der Waals surface area contributed by atoms with Crippen LogP contribution in [0.2, 0.25) is 0 Å². The van der Waals surface area contributed by atoms with Crippen molar-refractivity contribution >= 4 is 27.7 Å². The van der Waals surface area contributed by atoms with Crippen LogP contribution in [0, 0.1) is 5.82 Å². The second-order valence-corrected chi connectivity index (χ2v) is 7.31. The minimum Gasteiger partial charge on any atom is -0.351 e. The number of hydrogen-bond acceptors (Lipinski definition) is 3. The average molecular weight is 434 g/mol. The highest BCUT2D eigenvalue weighted by Crippen LogP contribution is 2.20. The Morgan fingerprint density at radius 2 is 1.74 bits per heavy atom. The molecule has 2 aromatic carbocycles. The molecule has 142 valence electrons. The zero-order valence-electron chi connectivity index (χ0n) is 14.8. The summed E-state index contributed by atoms with van der Waals surface area (Å²) in [4.78, 5) is 28.5. The van der Waals surface area contributed by atoms with Gasteiger partial charge in [-0.25, -0.2) is 4.39 Å². The Bertz CT molecular complexity index is 808. The van der Waals surface area contributed by atoms with Gasteiger partial charge in [-0.3, -0.25) is 14.5 Å². The number of carbonyl (C=O) groups excluding carboxylic acids is 2. The van der Waals surface area contributed by atoms with Gasteiger partial charge in [0.05, 0.1) is 12.1 Å². The van der Waals surface area contributed by atoms with E-state index in [2.05, 4.69) is 21.2 Å². The Balaban J connectivity index is 1.45. The Morgan fingerprint density at radius 1 is 1.04 bits per heavy atom. The third-order valence-electron chi connectivity index (χ3n) is 4.52. The number of nitrogens with zero attached hydrogens (tertiary/aromatic N) is 2. The lowest BCUT2D eigenvalue weighted by Gasteiger charge is -2.34. The van der Waals surface area contributed by atoms with Crippen molar-refractivity contribution < 1.29 is 14.0 Å². The van der Waals surface area contributed by atoms with E-state index in [1.807, 2.05) is 35.2 Å². The first-order valence-corrected chi connectivity index (χ1v) is 9.59. The van der Waals surface area contributed by atoms with E-state index in [4.69, 9.17) is 0 Å². The highest BCUT2D eigenvalue weighted by molar-refractivity contribution is 9.10. The number of hydrogen-bond donors (Lipinski definition) is 1. The molecule has 0 unspecified atom stereocenters. The molecule has 0 aromatic heterocycles. The van der Waals surface area contributed by atoms with Gasteiger partial charge in [-0.15, -0.1) is 0 Å². The molecule has 0 atom stereocenters. The van der Waals surface area contributed by atoms with E-state index in [0.717, 1.165) is 5.56 Å². The summed E-state index contributed by atoms with van der Waals surface area (Å²) in [6.45, 7) is 3.15. The highest BCUT2D eigenvalue weighted by atomic mass is 79.9. The first-order valence-electron chi connectivity index (χ1n) is 8.80. The van der Waals surface area contributed by atoms with E-state index in [1.54, 1.807) is 4.90 Å². The van der Waals surface area contributed by atoms with E-state index < -0.39 is 0 Å². The topological polar surface area (TPSA) is 52.7 Å². The van der Waals surface area contributed by atoms with E-state index in [9.17, 15) is 14.0 Å². The molecule has 1 heterocycles. The molecule has 1 fully saturated rings. The third kappa shape index (κ3) is 5.37.